The van der Waals surface area contributed by atoms with Crippen LogP contribution < -0.4 is 19.7 Å². The number of methoxy groups -OCH3 is 1. The lowest BCUT2D eigenvalue weighted by atomic mass is 10.0. The number of urea groups is 1. The van der Waals surface area contributed by atoms with Gasteiger partial charge in [0.05, 0.1) is 17.3 Å². The first-order valence-corrected chi connectivity index (χ1v) is 12.0. The molecule has 7 nitrogen and oxygen atoms in total. The molecule has 0 saturated carbocycles. The molecule has 0 radical (unpaired) electrons. The lowest BCUT2D eigenvalue weighted by Gasteiger charge is -2.27. The largest absolute Gasteiger partial charge is 0.493 e. The first-order chi connectivity index (χ1) is 17.2. The fourth-order valence-electron chi connectivity index (χ4n) is 3.90. The monoisotopic (exact) mass is 548 g/mol. The van der Waals surface area contributed by atoms with Gasteiger partial charge < -0.3 is 9.47 Å². The number of carbonyl (C=O) groups is 3. The number of ether oxygens (including phenoxy) is 2. The van der Waals surface area contributed by atoms with E-state index in [2.05, 4.69) is 21.2 Å². The standard InChI is InChI=1S/C28H25BrN2O5/c1-16-5-8-19(9-6-16)15-36-25-22(29)13-20(14-24(25)35-4)12-21-26(32)30-28(34)31(27(21)33)23-10-7-17(2)11-18(23)3/h5-14H,15H2,1-4H3,(H,30,32,34)/b21-12+. The van der Waals surface area contributed by atoms with Crippen LogP contribution in [0.3, 0.4) is 0 Å². The molecule has 1 heterocycles. The zero-order valence-corrected chi connectivity index (χ0v) is 21.9. The Balaban J connectivity index is 1.65. The molecular weight excluding hydrogens is 524 g/mol. The lowest BCUT2D eigenvalue weighted by molar-refractivity contribution is -0.122. The van der Waals surface area contributed by atoms with Gasteiger partial charge in [0.25, 0.3) is 11.8 Å². The van der Waals surface area contributed by atoms with Crippen molar-refractivity contribution in [3.05, 3.63) is 92.5 Å². The van der Waals surface area contributed by atoms with Crippen LogP contribution in [0.2, 0.25) is 0 Å². The summed E-state index contributed by atoms with van der Waals surface area (Å²) >= 11 is 3.51. The van der Waals surface area contributed by atoms with Gasteiger partial charge in [0, 0.05) is 0 Å². The van der Waals surface area contributed by atoms with Gasteiger partial charge in [-0.05, 0) is 77.7 Å². The third-order valence-corrected chi connectivity index (χ3v) is 6.35. The molecule has 4 amide bonds. The minimum atomic E-state index is -0.785. The molecule has 1 aliphatic rings. The summed E-state index contributed by atoms with van der Waals surface area (Å²) in [5.41, 5.74) is 4.67. The van der Waals surface area contributed by atoms with E-state index in [1.54, 1.807) is 31.2 Å². The molecule has 8 heteroatoms. The van der Waals surface area contributed by atoms with Gasteiger partial charge in [-0.2, -0.15) is 0 Å². The number of hydrogen-bond donors (Lipinski definition) is 1. The smallest absolute Gasteiger partial charge is 0.335 e. The predicted molar refractivity (Wildman–Crippen MR) is 141 cm³/mol. The Morgan fingerprint density at radius 3 is 2.31 bits per heavy atom. The van der Waals surface area contributed by atoms with Gasteiger partial charge in [-0.15, -0.1) is 0 Å². The average Bonchev–Trinajstić information content (AvgIpc) is 2.83. The Bertz CT molecular complexity index is 1400. The molecule has 0 aromatic heterocycles. The number of nitrogens with one attached hydrogen (secondary N) is 1. The van der Waals surface area contributed by atoms with Crippen molar-refractivity contribution in [3.63, 3.8) is 0 Å². The summed E-state index contributed by atoms with van der Waals surface area (Å²) in [4.78, 5) is 39.4. The second-order valence-electron chi connectivity index (χ2n) is 8.56. The van der Waals surface area contributed by atoms with Crippen molar-refractivity contribution >= 4 is 45.5 Å². The number of rotatable bonds is 6. The minimum absolute atomic E-state index is 0.170. The number of benzene rings is 3. The van der Waals surface area contributed by atoms with Gasteiger partial charge in [0.15, 0.2) is 11.5 Å². The molecule has 1 fully saturated rings. The molecule has 1 saturated heterocycles. The number of halogens is 1. The van der Waals surface area contributed by atoms with E-state index >= 15 is 0 Å². The van der Waals surface area contributed by atoms with E-state index in [0.717, 1.165) is 27.2 Å². The van der Waals surface area contributed by atoms with Crippen LogP contribution >= 0.6 is 15.9 Å². The third kappa shape index (κ3) is 5.18. The summed E-state index contributed by atoms with van der Waals surface area (Å²) in [5.74, 6) is -0.549. The summed E-state index contributed by atoms with van der Waals surface area (Å²) < 4.78 is 12.1. The summed E-state index contributed by atoms with van der Waals surface area (Å²) in [5, 5.41) is 2.26. The zero-order valence-electron chi connectivity index (χ0n) is 20.3. The van der Waals surface area contributed by atoms with Crippen LogP contribution in [0.5, 0.6) is 11.5 Å². The van der Waals surface area contributed by atoms with Crippen LogP contribution in [-0.4, -0.2) is 25.0 Å². The van der Waals surface area contributed by atoms with Gasteiger partial charge in [-0.25, -0.2) is 9.69 Å². The fourth-order valence-corrected chi connectivity index (χ4v) is 4.48. The SMILES string of the molecule is COc1cc(/C=C2\C(=O)NC(=O)N(c3ccc(C)cc3C)C2=O)cc(Br)c1OCc1ccc(C)cc1. The van der Waals surface area contributed by atoms with Crippen molar-refractivity contribution in [1.82, 2.24) is 5.32 Å². The van der Waals surface area contributed by atoms with Crippen LogP contribution in [0.4, 0.5) is 10.5 Å². The van der Waals surface area contributed by atoms with Crippen LogP contribution in [0.1, 0.15) is 27.8 Å². The molecule has 0 bridgehead atoms. The highest BCUT2D eigenvalue weighted by Gasteiger charge is 2.37. The third-order valence-electron chi connectivity index (χ3n) is 5.76. The van der Waals surface area contributed by atoms with E-state index in [4.69, 9.17) is 9.47 Å². The number of hydrogen-bond acceptors (Lipinski definition) is 5. The minimum Gasteiger partial charge on any atom is -0.493 e. The van der Waals surface area contributed by atoms with Crippen LogP contribution in [0, 0.1) is 20.8 Å². The quantitative estimate of drug-likeness (QED) is 0.318. The molecule has 0 spiro atoms. The molecule has 0 atom stereocenters. The Morgan fingerprint density at radius 2 is 1.64 bits per heavy atom. The second kappa shape index (κ2) is 10.4. The molecule has 184 valence electrons. The van der Waals surface area contributed by atoms with Crippen molar-refractivity contribution in [2.75, 3.05) is 12.0 Å². The maximum Gasteiger partial charge on any atom is 0.335 e. The van der Waals surface area contributed by atoms with E-state index < -0.39 is 17.8 Å². The molecule has 0 unspecified atom stereocenters. The van der Waals surface area contributed by atoms with Crippen molar-refractivity contribution < 1.29 is 23.9 Å². The van der Waals surface area contributed by atoms with Crippen LogP contribution in [0.15, 0.2) is 64.6 Å². The normalized spacial score (nSPS) is 14.8. The highest BCUT2D eigenvalue weighted by atomic mass is 79.9. The van der Waals surface area contributed by atoms with E-state index in [1.165, 1.54) is 13.2 Å². The van der Waals surface area contributed by atoms with Crippen molar-refractivity contribution in [2.24, 2.45) is 0 Å². The Kier molecular flexibility index (Phi) is 7.26. The van der Waals surface area contributed by atoms with Gasteiger partial charge in [0.1, 0.15) is 12.2 Å². The molecule has 4 rings (SSSR count). The van der Waals surface area contributed by atoms with Crippen molar-refractivity contribution in [3.8, 4) is 11.5 Å². The van der Waals surface area contributed by atoms with Gasteiger partial charge in [0.2, 0.25) is 0 Å². The number of aryl methyl sites for hydroxylation is 3. The number of carbonyl (C=O) groups excluding carboxylic acids is 3. The van der Waals surface area contributed by atoms with Crippen molar-refractivity contribution in [2.45, 2.75) is 27.4 Å². The summed E-state index contributed by atoms with van der Waals surface area (Å²) in [6, 6.07) is 16.0. The van der Waals surface area contributed by atoms with Gasteiger partial charge >= 0.3 is 6.03 Å². The number of barbiturate groups is 1. The maximum absolute atomic E-state index is 13.3. The summed E-state index contributed by atoms with van der Waals surface area (Å²) in [6.45, 7) is 6.08. The highest BCUT2D eigenvalue weighted by molar-refractivity contribution is 9.10. The number of amides is 4. The zero-order chi connectivity index (χ0) is 26.0. The first kappa shape index (κ1) is 25.2. The number of imide groups is 2. The maximum atomic E-state index is 13.3. The highest BCUT2D eigenvalue weighted by Crippen LogP contribution is 2.38. The molecule has 1 N–H and O–H groups in total. The van der Waals surface area contributed by atoms with Gasteiger partial charge in [-0.1, -0.05) is 47.5 Å². The topological polar surface area (TPSA) is 84.9 Å². The van der Waals surface area contributed by atoms with Crippen LogP contribution in [-0.2, 0) is 16.2 Å². The second-order valence-corrected chi connectivity index (χ2v) is 9.41. The number of anilines is 1. The van der Waals surface area contributed by atoms with Crippen LogP contribution in [0.25, 0.3) is 6.08 Å². The van der Waals surface area contributed by atoms with E-state index in [0.29, 0.717) is 33.8 Å². The van der Waals surface area contributed by atoms with Gasteiger partial charge in [-0.3, -0.25) is 14.9 Å². The molecular formula is C28H25BrN2O5. The van der Waals surface area contributed by atoms with E-state index in [9.17, 15) is 14.4 Å². The molecule has 36 heavy (non-hydrogen) atoms. The first-order valence-electron chi connectivity index (χ1n) is 11.2. The summed E-state index contributed by atoms with van der Waals surface area (Å²) in [6.07, 6.45) is 1.43. The molecule has 3 aromatic carbocycles. The predicted octanol–water partition coefficient (Wildman–Crippen LogP) is 5.63. The Labute approximate surface area is 217 Å². The lowest BCUT2D eigenvalue weighted by Crippen LogP contribution is -2.54. The summed E-state index contributed by atoms with van der Waals surface area (Å²) in [7, 11) is 1.51. The molecule has 3 aromatic rings. The Morgan fingerprint density at radius 1 is 0.944 bits per heavy atom. The Hall–Kier alpha value is -3.91. The van der Waals surface area contributed by atoms with Crippen molar-refractivity contribution in [1.29, 1.82) is 0 Å². The van der Waals surface area contributed by atoms with E-state index in [1.807, 2.05) is 44.2 Å². The molecule has 1 aliphatic heterocycles. The molecule has 0 aliphatic carbocycles. The fraction of sp³-hybridized carbons (Fsp3) is 0.179. The van der Waals surface area contributed by atoms with E-state index in [-0.39, 0.29) is 5.57 Å². The number of nitrogens with zero attached hydrogens (tertiary/aromatic N) is 1. The average molecular weight is 549 g/mol.